The molecule has 1 aliphatic rings. The Morgan fingerprint density at radius 1 is 1.56 bits per heavy atom. The largest absolute Gasteiger partial charge is 0.481 e. The molecule has 16 heavy (non-hydrogen) atoms. The zero-order chi connectivity index (χ0) is 11.7. The number of rotatable bonds is 2. The van der Waals surface area contributed by atoms with Crippen LogP contribution in [-0.2, 0) is 17.6 Å². The molecule has 1 heterocycles. The first-order valence-electron chi connectivity index (χ1n) is 5.04. The molecule has 0 fully saturated rings. The van der Waals surface area contributed by atoms with Crippen LogP contribution in [0.3, 0.4) is 0 Å². The van der Waals surface area contributed by atoms with E-state index in [0.29, 0.717) is 19.3 Å². The van der Waals surface area contributed by atoms with E-state index in [2.05, 4.69) is 9.97 Å². The zero-order valence-corrected chi connectivity index (χ0v) is 9.75. The van der Waals surface area contributed by atoms with Gasteiger partial charge in [0.15, 0.2) is 0 Å². The Labute approximate surface area is 97.5 Å². The SMILES string of the molecule is CSc1nc(N)nc2c1CC(C(=O)O)CC2. The van der Waals surface area contributed by atoms with Crippen molar-refractivity contribution >= 4 is 23.7 Å². The standard InChI is InChI=1S/C10H13N3O2S/c1-16-8-6-4-5(9(14)15)2-3-7(6)12-10(11)13-8/h5H,2-4H2,1H3,(H,14,15)(H2,11,12,13). The second-order valence-corrected chi connectivity index (χ2v) is 4.59. The fraction of sp³-hybridized carbons (Fsp3) is 0.500. The number of carboxylic acids is 1. The molecule has 0 radical (unpaired) electrons. The lowest BCUT2D eigenvalue weighted by Gasteiger charge is -2.22. The lowest BCUT2D eigenvalue weighted by Crippen LogP contribution is -2.24. The van der Waals surface area contributed by atoms with Gasteiger partial charge in [0.1, 0.15) is 5.03 Å². The predicted octanol–water partition coefficient (Wildman–Crippen LogP) is 0.970. The van der Waals surface area contributed by atoms with Gasteiger partial charge >= 0.3 is 5.97 Å². The Hall–Kier alpha value is -1.30. The van der Waals surface area contributed by atoms with Crippen LogP contribution in [0, 0.1) is 5.92 Å². The summed E-state index contributed by atoms with van der Waals surface area (Å²) in [5, 5.41) is 9.82. The highest BCUT2D eigenvalue weighted by atomic mass is 32.2. The number of aliphatic carboxylic acids is 1. The summed E-state index contributed by atoms with van der Waals surface area (Å²) in [5.74, 6) is -0.781. The lowest BCUT2D eigenvalue weighted by atomic mass is 9.87. The molecule has 0 saturated heterocycles. The number of carbonyl (C=O) groups is 1. The minimum atomic E-state index is -0.741. The highest BCUT2D eigenvalue weighted by molar-refractivity contribution is 7.98. The normalized spacial score (nSPS) is 19.2. The number of hydrogen-bond acceptors (Lipinski definition) is 5. The van der Waals surface area contributed by atoms with E-state index in [9.17, 15) is 4.79 Å². The lowest BCUT2D eigenvalue weighted by molar-refractivity contribution is -0.142. The molecular weight excluding hydrogens is 226 g/mol. The zero-order valence-electron chi connectivity index (χ0n) is 8.93. The molecule has 0 spiro atoms. The highest BCUT2D eigenvalue weighted by Gasteiger charge is 2.27. The summed E-state index contributed by atoms with van der Waals surface area (Å²) in [4.78, 5) is 19.3. The molecular formula is C10H13N3O2S. The Bertz CT molecular complexity index is 419. The molecule has 1 aliphatic carbocycles. The van der Waals surface area contributed by atoms with Crippen LogP contribution in [0.25, 0.3) is 0 Å². The first-order valence-corrected chi connectivity index (χ1v) is 6.26. The molecule has 6 heteroatoms. The summed E-state index contributed by atoms with van der Waals surface area (Å²) in [5.41, 5.74) is 7.47. The van der Waals surface area contributed by atoms with Crippen LogP contribution in [0.2, 0.25) is 0 Å². The van der Waals surface area contributed by atoms with Crippen LogP contribution in [0.4, 0.5) is 5.95 Å². The smallest absolute Gasteiger partial charge is 0.306 e. The van der Waals surface area contributed by atoms with Crippen LogP contribution in [0.5, 0.6) is 0 Å². The quantitative estimate of drug-likeness (QED) is 0.590. The van der Waals surface area contributed by atoms with Crippen molar-refractivity contribution in [1.82, 2.24) is 9.97 Å². The number of fused-ring (bicyclic) bond motifs is 1. The van der Waals surface area contributed by atoms with Gasteiger partial charge in [0.2, 0.25) is 5.95 Å². The summed E-state index contributed by atoms with van der Waals surface area (Å²) in [6, 6.07) is 0. The van der Waals surface area contributed by atoms with E-state index in [1.165, 1.54) is 11.8 Å². The molecule has 5 nitrogen and oxygen atoms in total. The predicted molar refractivity (Wildman–Crippen MR) is 61.4 cm³/mol. The molecule has 86 valence electrons. The number of aryl methyl sites for hydroxylation is 1. The molecule has 2 rings (SSSR count). The van der Waals surface area contributed by atoms with Gasteiger partial charge in [-0.25, -0.2) is 9.97 Å². The summed E-state index contributed by atoms with van der Waals surface area (Å²) >= 11 is 1.49. The van der Waals surface area contributed by atoms with Crippen molar-refractivity contribution in [1.29, 1.82) is 0 Å². The van der Waals surface area contributed by atoms with Crippen LogP contribution < -0.4 is 5.73 Å². The molecule has 1 unspecified atom stereocenters. The molecule has 0 aromatic carbocycles. The number of nitrogen functional groups attached to an aromatic ring is 1. The summed E-state index contributed by atoms with van der Waals surface area (Å²) < 4.78 is 0. The van der Waals surface area contributed by atoms with Crippen molar-refractivity contribution in [3.05, 3.63) is 11.3 Å². The van der Waals surface area contributed by atoms with Crippen molar-refractivity contribution < 1.29 is 9.90 Å². The van der Waals surface area contributed by atoms with E-state index >= 15 is 0 Å². The number of nitrogens with zero attached hydrogens (tertiary/aromatic N) is 2. The maximum absolute atomic E-state index is 11.0. The Morgan fingerprint density at radius 2 is 2.31 bits per heavy atom. The van der Waals surface area contributed by atoms with Crippen molar-refractivity contribution in [2.24, 2.45) is 5.92 Å². The van der Waals surface area contributed by atoms with Crippen LogP contribution in [0.15, 0.2) is 5.03 Å². The van der Waals surface area contributed by atoms with Gasteiger partial charge in [0, 0.05) is 5.56 Å². The molecule has 1 aromatic rings. The number of hydrogen-bond donors (Lipinski definition) is 2. The number of anilines is 1. The molecule has 1 aromatic heterocycles. The number of thioether (sulfide) groups is 1. The first kappa shape index (κ1) is 11.2. The first-order chi connectivity index (χ1) is 7.61. The number of aromatic nitrogens is 2. The summed E-state index contributed by atoms with van der Waals surface area (Å²) in [7, 11) is 0. The molecule has 1 atom stereocenters. The molecule has 0 bridgehead atoms. The van der Waals surface area contributed by atoms with Gasteiger partial charge in [-0.3, -0.25) is 4.79 Å². The summed E-state index contributed by atoms with van der Waals surface area (Å²) in [6.07, 6.45) is 3.73. The average Bonchev–Trinajstić information content (AvgIpc) is 2.27. The average molecular weight is 239 g/mol. The van der Waals surface area contributed by atoms with E-state index in [1.807, 2.05) is 6.26 Å². The van der Waals surface area contributed by atoms with Crippen molar-refractivity contribution in [3.8, 4) is 0 Å². The van der Waals surface area contributed by atoms with Gasteiger partial charge in [-0.15, -0.1) is 11.8 Å². The summed E-state index contributed by atoms with van der Waals surface area (Å²) in [6.45, 7) is 0. The van der Waals surface area contributed by atoms with Gasteiger partial charge in [-0.05, 0) is 25.5 Å². The van der Waals surface area contributed by atoms with E-state index in [1.54, 1.807) is 0 Å². The second kappa shape index (κ2) is 4.29. The van der Waals surface area contributed by atoms with Crippen molar-refractivity contribution in [3.63, 3.8) is 0 Å². The molecule has 0 aliphatic heterocycles. The highest BCUT2D eigenvalue weighted by Crippen LogP contribution is 2.30. The third kappa shape index (κ3) is 1.97. The van der Waals surface area contributed by atoms with Gasteiger partial charge in [-0.1, -0.05) is 0 Å². The Kier molecular flexibility index (Phi) is 3.00. The van der Waals surface area contributed by atoms with Crippen LogP contribution in [-0.4, -0.2) is 27.3 Å². The fourth-order valence-electron chi connectivity index (χ4n) is 1.98. The number of carboxylic acid groups (broad SMARTS) is 1. The van der Waals surface area contributed by atoms with Crippen molar-refractivity contribution in [2.75, 3.05) is 12.0 Å². The Morgan fingerprint density at radius 3 is 2.94 bits per heavy atom. The minimum absolute atomic E-state index is 0.275. The van der Waals surface area contributed by atoms with Gasteiger partial charge in [0.25, 0.3) is 0 Å². The minimum Gasteiger partial charge on any atom is -0.481 e. The monoisotopic (exact) mass is 239 g/mol. The van der Waals surface area contributed by atoms with E-state index < -0.39 is 5.97 Å². The van der Waals surface area contributed by atoms with Crippen molar-refractivity contribution in [2.45, 2.75) is 24.3 Å². The van der Waals surface area contributed by atoms with Gasteiger partial charge in [-0.2, -0.15) is 0 Å². The molecule has 0 amide bonds. The molecule has 0 saturated carbocycles. The third-order valence-electron chi connectivity index (χ3n) is 2.79. The van der Waals surface area contributed by atoms with Gasteiger partial charge < -0.3 is 10.8 Å². The maximum Gasteiger partial charge on any atom is 0.306 e. The second-order valence-electron chi connectivity index (χ2n) is 3.79. The van der Waals surface area contributed by atoms with Crippen LogP contribution >= 0.6 is 11.8 Å². The van der Waals surface area contributed by atoms with Crippen LogP contribution in [0.1, 0.15) is 17.7 Å². The van der Waals surface area contributed by atoms with E-state index in [-0.39, 0.29) is 11.9 Å². The Balaban J connectivity index is 2.39. The van der Waals surface area contributed by atoms with E-state index in [4.69, 9.17) is 10.8 Å². The number of nitrogens with two attached hydrogens (primary N) is 1. The molecule has 3 N–H and O–H groups in total. The van der Waals surface area contributed by atoms with E-state index in [0.717, 1.165) is 16.3 Å². The maximum atomic E-state index is 11.0. The topological polar surface area (TPSA) is 89.1 Å². The third-order valence-corrected chi connectivity index (χ3v) is 3.52. The fourth-order valence-corrected chi connectivity index (χ4v) is 2.61. The van der Waals surface area contributed by atoms with Gasteiger partial charge in [0.05, 0.1) is 11.6 Å².